The first-order valence-corrected chi connectivity index (χ1v) is 5.55. The molecule has 2 aromatic rings. The summed E-state index contributed by atoms with van der Waals surface area (Å²) in [4.78, 5) is 15.6. The van der Waals surface area contributed by atoms with Crippen LogP contribution >= 0.6 is 0 Å². The molecule has 2 rings (SSSR count). The summed E-state index contributed by atoms with van der Waals surface area (Å²) < 4.78 is 4.84. The molecule has 0 bridgehead atoms. The number of carbonyl (C=O) groups is 1. The van der Waals surface area contributed by atoms with Crippen molar-refractivity contribution < 1.29 is 9.53 Å². The predicted molar refractivity (Wildman–Crippen MR) is 67.8 cm³/mol. The van der Waals surface area contributed by atoms with Gasteiger partial charge in [0, 0.05) is 31.3 Å². The number of hydrogen-bond donors (Lipinski definition) is 2. The number of fused-ring (bicyclic) bond motifs is 1. The van der Waals surface area contributed by atoms with Crippen LogP contribution in [0.3, 0.4) is 0 Å². The van der Waals surface area contributed by atoms with Crippen LogP contribution in [0.2, 0.25) is 0 Å². The quantitative estimate of drug-likeness (QED) is 0.602. The molecule has 2 heterocycles. The minimum Gasteiger partial charge on any atom is -0.383 e. The summed E-state index contributed by atoms with van der Waals surface area (Å²) >= 11 is 0. The van der Waals surface area contributed by atoms with Crippen LogP contribution < -0.4 is 5.32 Å². The van der Waals surface area contributed by atoms with E-state index in [0.29, 0.717) is 24.5 Å². The van der Waals surface area contributed by atoms with Gasteiger partial charge in [-0.25, -0.2) is 4.98 Å². The molecule has 1 amide bonds. The summed E-state index contributed by atoms with van der Waals surface area (Å²) in [6, 6.07) is 3.72. The molecule has 0 spiro atoms. The van der Waals surface area contributed by atoms with Crippen molar-refractivity contribution in [3.8, 4) is 0 Å². The zero-order chi connectivity index (χ0) is 12.8. The highest BCUT2D eigenvalue weighted by Crippen LogP contribution is 2.13. The Kier molecular flexibility index (Phi) is 4.03. The third-order valence-electron chi connectivity index (χ3n) is 2.36. The van der Waals surface area contributed by atoms with E-state index < -0.39 is 0 Å². The Morgan fingerprint density at radius 1 is 1.61 bits per heavy atom. The average molecular weight is 246 g/mol. The maximum absolute atomic E-state index is 11.4. The summed E-state index contributed by atoms with van der Waals surface area (Å²) in [5, 5.41) is 10.5. The molecule has 0 atom stereocenters. The highest BCUT2D eigenvalue weighted by molar-refractivity contribution is 5.94. The summed E-state index contributed by atoms with van der Waals surface area (Å²) in [7, 11) is 1.59. The van der Waals surface area contributed by atoms with Gasteiger partial charge in [0.15, 0.2) is 5.65 Å². The zero-order valence-corrected chi connectivity index (χ0v) is 10.0. The average Bonchev–Trinajstić information content (AvgIpc) is 2.80. The topological polar surface area (TPSA) is 79.9 Å². The van der Waals surface area contributed by atoms with E-state index in [0.717, 1.165) is 5.39 Å². The second-order valence-corrected chi connectivity index (χ2v) is 3.63. The smallest absolute Gasteiger partial charge is 0.244 e. The fourth-order valence-electron chi connectivity index (χ4n) is 1.49. The lowest BCUT2D eigenvalue weighted by molar-refractivity contribution is -0.116. The van der Waals surface area contributed by atoms with Crippen molar-refractivity contribution in [2.75, 3.05) is 20.3 Å². The molecule has 0 aliphatic carbocycles. The highest BCUT2D eigenvalue weighted by Gasteiger charge is 2.02. The van der Waals surface area contributed by atoms with Gasteiger partial charge in [0.05, 0.1) is 12.3 Å². The largest absolute Gasteiger partial charge is 0.383 e. The Bertz CT molecular complexity index is 562. The summed E-state index contributed by atoms with van der Waals surface area (Å²) in [5.74, 6) is -0.174. The molecular formula is C12H14N4O2. The first kappa shape index (κ1) is 12.3. The SMILES string of the molecule is COCCNC(=O)/C=C/c1n[nH]c2ncccc12. The van der Waals surface area contributed by atoms with Crippen molar-refractivity contribution in [1.29, 1.82) is 0 Å². The van der Waals surface area contributed by atoms with Gasteiger partial charge in [-0.1, -0.05) is 0 Å². The van der Waals surface area contributed by atoms with Crippen molar-refractivity contribution in [1.82, 2.24) is 20.5 Å². The van der Waals surface area contributed by atoms with Crippen LogP contribution in [-0.4, -0.2) is 41.3 Å². The number of amides is 1. The number of rotatable bonds is 5. The summed E-state index contributed by atoms with van der Waals surface area (Å²) in [6.07, 6.45) is 4.78. The maximum atomic E-state index is 11.4. The van der Waals surface area contributed by atoms with E-state index in [1.807, 2.05) is 12.1 Å². The van der Waals surface area contributed by atoms with Crippen LogP contribution in [0.5, 0.6) is 0 Å². The number of carbonyl (C=O) groups excluding carboxylic acids is 1. The molecule has 0 unspecified atom stereocenters. The minimum absolute atomic E-state index is 0.174. The number of nitrogens with one attached hydrogen (secondary N) is 2. The third kappa shape index (κ3) is 2.92. The van der Waals surface area contributed by atoms with Crippen LogP contribution in [0.4, 0.5) is 0 Å². The number of H-pyrrole nitrogens is 1. The van der Waals surface area contributed by atoms with Crippen molar-refractivity contribution in [3.63, 3.8) is 0 Å². The van der Waals surface area contributed by atoms with Gasteiger partial charge < -0.3 is 10.1 Å². The van der Waals surface area contributed by atoms with Gasteiger partial charge in [-0.05, 0) is 18.2 Å². The fourth-order valence-corrected chi connectivity index (χ4v) is 1.49. The van der Waals surface area contributed by atoms with Gasteiger partial charge in [0.25, 0.3) is 0 Å². The molecule has 18 heavy (non-hydrogen) atoms. The number of aromatic amines is 1. The Balaban J connectivity index is 2.02. The van der Waals surface area contributed by atoms with Gasteiger partial charge in [-0.2, -0.15) is 5.10 Å². The van der Waals surface area contributed by atoms with Gasteiger partial charge in [-0.3, -0.25) is 9.89 Å². The zero-order valence-electron chi connectivity index (χ0n) is 10.0. The second kappa shape index (κ2) is 5.92. The molecule has 0 saturated heterocycles. The number of aromatic nitrogens is 3. The van der Waals surface area contributed by atoms with E-state index >= 15 is 0 Å². The van der Waals surface area contributed by atoms with E-state index in [2.05, 4.69) is 20.5 Å². The van der Waals surface area contributed by atoms with E-state index in [-0.39, 0.29) is 5.91 Å². The lowest BCUT2D eigenvalue weighted by Gasteiger charge is -1.99. The van der Waals surface area contributed by atoms with Crippen LogP contribution in [0, 0.1) is 0 Å². The minimum atomic E-state index is -0.174. The van der Waals surface area contributed by atoms with Gasteiger partial charge in [-0.15, -0.1) is 0 Å². The number of hydrogen-bond acceptors (Lipinski definition) is 4. The fraction of sp³-hybridized carbons (Fsp3) is 0.250. The molecule has 0 aliphatic rings. The molecule has 2 N–H and O–H groups in total. The number of nitrogens with zero attached hydrogens (tertiary/aromatic N) is 2. The molecule has 0 saturated carbocycles. The van der Waals surface area contributed by atoms with Crippen molar-refractivity contribution >= 4 is 23.0 Å². The molecule has 6 heteroatoms. The monoisotopic (exact) mass is 246 g/mol. The molecule has 0 aliphatic heterocycles. The number of ether oxygens (including phenoxy) is 1. The van der Waals surface area contributed by atoms with Gasteiger partial charge >= 0.3 is 0 Å². The van der Waals surface area contributed by atoms with Crippen molar-refractivity contribution in [2.45, 2.75) is 0 Å². The lowest BCUT2D eigenvalue weighted by atomic mass is 10.2. The maximum Gasteiger partial charge on any atom is 0.244 e. The summed E-state index contributed by atoms with van der Waals surface area (Å²) in [5.41, 5.74) is 1.40. The Morgan fingerprint density at radius 2 is 2.50 bits per heavy atom. The Morgan fingerprint density at radius 3 is 3.33 bits per heavy atom. The van der Waals surface area contributed by atoms with E-state index in [1.54, 1.807) is 19.4 Å². The highest BCUT2D eigenvalue weighted by atomic mass is 16.5. The third-order valence-corrected chi connectivity index (χ3v) is 2.36. The normalized spacial score (nSPS) is 11.2. The van der Waals surface area contributed by atoms with Gasteiger partial charge in [0.1, 0.15) is 0 Å². The van der Waals surface area contributed by atoms with E-state index in [9.17, 15) is 4.79 Å². The van der Waals surface area contributed by atoms with Crippen LogP contribution in [-0.2, 0) is 9.53 Å². The Labute approximate surface area is 104 Å². The first-order chi connectivity index (χ1) is 8.81. The molecule has 0 aromatic carbocycles. The Hall–Kier alpha value is -2.21. The van der Waals surface area contributed by atoms with Crippen molar-refractivity contribution in [3.05, 3.63) is 30.1 Å². The standard InChI is InChI=1S/C12H14N4O2/c1-18-8-7-13-11(17)5-4-10-9-3-2-6-14-12(9)16-15-10/h2-6H,7-8H2,1H3,(H,13,17)(H,14,15,16)/b5-4+. The first-order valence-electron chi connectivity index (χ1n) is 5.55. The van der Waals surface area contributed by atoms with Crippen LogP contribution in [0.25, 0.3) is 17.1 Å². The number of pyridine rings is 1. The summed E-state index contributed by atoms with van der Waals surface area (Å²) in [6.45, 7) is 0.984. The molecule has 6 nitrogen and oxygen atoms in total. The van der Waals surface area contributed by atoms with Gasteiger partial charge in [0.2, 0.25) is 5.91 Å². The second-order valence-electron chi connectivity index (χ2n) is 3.63. The van der Waals surface area contributed by atoms with Crippen molar-refractivity contribution in [2.24, 2.45) is 0 Å². The molecule has 0 fully saturated rings. The van der Waals surface area contributed by atoms with E-state index in [4.69, 9.17) is 4.74 Å². The van der Waals surface area contributed by atoms with Crippen LogP contribution in [0.1, 0.15) is 5.69 Å². The lowest BCUT2D eigenvalue weighted by Crippen LogP contribution is -2.24. The molecular weight excluding hydrogens is 232 g/mol. The molecule has 0 radical (unpaired) electrons. The van der Waals surface area contributed by atoms with Crippen LogP contribution in [0.15, 0.2) is 24.4 Å². The number of methoxy groups -OCH3 is 1. The predicted octanol–water partition coefficient (Wildman–Crippen LogP) is 0.734. The molecule has 2 aromatic heterocycles. The van der Waals surface area contributed by atoms with E-state index in [1.165, 1.54) is 6.08 Å². The molecule has 94 valence electrons.